The summed E-state index contributed by atoms with van der Waals surface area (Å²) in [6.07, 6.45) is 5.09. The number of nitrogens with one attached hydrogen (secondary N) is 1. The molecule has 0 radical (unpaired) electrons. The first-order valence-electron chi connectivity index (χ1n) is 7.10. The zero-order valence-corrected chi connectivity index (χ0v) is 13.5. The number of halogens is 2. The highest BCUT2D eigenvalue weighted by Crippen LogP contribution is 2.41. The Bertz CT molecular complexity index is 417. The molecule has 19 heavy (non-hydrogen) atoms. The first-order chi connectivity index (χ1) is 8.89. The van der Waals surface area contributed by atoms with E-state index >= 15 is 0 Å². The Balaban J connectivity index is 2.20. The fourth-order valence-electron chi connectivity index (χ4n) is 3.16. The van der Waals surface area contributed by atoms with Crippen molar-refractivity contribution in [3.63, 3.8) is 0 Å². The van der Waals surface area contributed by atoms with Gasteiger partial charge in [-0.3, -0.25) is 0 Å². The Labute approximate surface area is 126 Å². The zero-order chi connectivity index (χ0) is 14.0. The van der Waals surface area contributed by atoms with E-state index in [9.17, 15) is 0 Å². The molecule has 0 amide bonds. The molecule has 0 saturated heterocycles. The van der Waals surface area contributed by atoms with Crippen molar-refractivity contribution in [3.8, 4) is 0 Å². The summed E-state index contributed by atoms with van der Waals surface area (Å²) in [7, 11) is 0. The molecule has 1 saturated carbocycles. The summed E-state index contributed by atoms with van der Waals surface area (Å²) in [4.78, 5) is 0. The van der Waals surface area contributed by atoms with E-state index in [1.54, 1.807) is 0 Å². The van der Waals surface area contributed by atoms with Crippen LogP contribution in [0.4, 0.5) is 5.69 Å². The molecule has 1 aliphatic carbocycles. The Morgan fingerprint density at radius 3 is 2.21 bits per heavy atom. The van der Waals surface area contributed by atoms with Crippen LogP contribution in [-0.2, 0) is 0 Å². The molecule has 2 rings (SSSR count). The molecule has 2 unspecified atom stereocenters. The Morgan fingerprint density at radius 2 is 1.63 bits per heavy atom. The molecule has 1 aromatic carbocycles. The standard InChI is InChI=1S/C16H23Cl2N/c1-16(2,3)11-7-4-5-10-14(11)19-15-12(17)8-6-9-13(15)18/h6,8-9,11,14,19H,4-5,7,10H2,1-3H3. The van der Waals surface area contributed by atoms with Crippen molar-refractivity contribution in [1.82, 2.24) is 0 Å². The Morgan fingerprint density at radius 1 is 1.05 bits per heavy atom. The van der Waals surface area contributed by atoms with Gasteiger partial charge in [-0.15, -0.1) is 0 Å². The Hall–Kier alpha value is -0.400. The number of benzene rings is 1. The SMILES string of the molecule is CC(C)(C)C1CCCCC1Nc1c(Cl)cccc1Cl. The third-order valence-electron chi connectivity index (χ3n) is 4.17. The molecule has 1 N–H and O–H groups in total. The van der Waals surface area contributed by atoms with Crippen molar-refractivity contribution in [1.29, 1.82) is 0 Å². The first kappa shape index (κ1) is 15.0. The second kappa shape index (κ2) is 5.93. The molecule has 0 bridgehead atoms. The molecule has 1 nitrogen and oxygen atoms in total. The molecule has 0 heterocycles. The second-order valence-corrected chi connectivity index (χ2v) is 7.42. The maximum Gasteiger partial charge on any atom is 0.0721 e. The van der Waals surface area contributed by atoms with E-state index in [1.165, 1.54) is 25.7 Å². The van der Waals surface area contributed by atoms with Crippen molar-refractivity contribution in [2.24, 2.45) is 11.3 Å². The third kappa shape index (κ3) is 3.58. The van der Waals surface area contributed by atoms with Gasteiger partial charge in [0.1, 0.15) is 0 Å². The molecular weight excluding hydrogens is 277 g/mol. The van der Waals surface area contributed by atoms with E-state index < -0.39 is 0 Å². The van der Waals surface area contributed by atoms with Gasteiger partial charge in [0.2, 0.25) is 0 Å². The lowest BCUT2D eigenvalue weighted by Crippen LogP contribution is -2.39. The lowest BCUT2D eigenvalue weighted by molar-refractivity contribution is 0.163. The van der Waals surface area contributed by atoms with Crippen LogP contribution in [0.15, 0.2) is 18.2 Å². The summed E-state index contributed by atoms with van der Waals surface area (Å²) in [5, 5.41) is 5.04. The van der Waals surface area contributed by atoms with Crippen LogP contribution in [-0.4, -0.2) is 6.04 Å². The van der Waals surface area contributed by atoms with E-state index in [4.69, 9.17) is 23.2 Å². The average molecular weight is 300 g/mol. The minimum Gasteiger partial charge on any atom is -0.380 e. The second-order valence-electron chi connectivity index (χ2n) is 6.60. The van der Waals surface area contributed by atoms with Crippen LogP contribution in [0.25, 0.3) is 0 Å². The lowest BCUT2D eigenvalue weighted by Gasteiger charge is -2.41. The van der Waals surface area contributed by atoms with Crippen LogP contribution in [0.2, 0.25) is 10.0 Å². The highest BCUT2D eigenvalue weighted by molar-refractivity contribution is 6.39. The average Bonchev–Trinajstić information content (AvgIpc) is 2.33. The van der Waals surface area contributed by atoms with Gasteiger partial charge in [-0.1, -0.05) is 62.9 Å². The van der Waals surface area contributed by atoms with Crippen LogP contribution in [0.1, 0.15) is 46.5 Å². The van der Waals surface area contributed by atoms with Gasteiger partial charge in [0, 0.05) is 6.04 Å². The molecule has 3 heteroatoms. The molecule has 0 spiro atoms. The Kier molecular flexibility index (Phi) is 4.68. The molecule has 1 aromatic rings. The summed E-state index contributed by atoms with van der Waals surface area (Å²) in [5.41, 5.74) is 1.21. The number of para-hydroxylation sites is 1. The van der Waals surface area contributed by atoms with Gasteiger partial charge in [-0.25, -0.2) is 0 Å². The maximum absolute atomic E-state index is 6.26. The molecule has 0 aromatic heterocycles. The summed E-state index contributed by atoms with van der Waals surface area (Å²) < 4.78 is 0. The number of hydrogen-bond acceptors (Lipinski definition) is 1. The van der Waals surface area contributed by atoms with E-state index in [0.29, 0.717) is 27.4 Å². The van der Waals surface area contributed by atoms with Gasteiger partial charge in [0.05, 0.1) is 15.7 Å². The number of anilines is 1. The summed E-state index contributed by atoms with van der Waals surface area (Å²) in [6.45, 7) is 6.98. The summed E-state index contributed by atoms with van der Waals surface area (Å²) in [6, 6.07) is 6.14. The fraction of sp³-hybridized carbons (Fsp3) is 0.625. The molecule has 2 atom stereocenters. The predicted octanol–water partition coefficient (Wildman–Crippen LogP) is 6.01. The quantitative estimate of drug-likeness (QED) is 0.705. The van der Waals surface area contributed by atoms with Gasteiger partial charge >= 0.3 is 0 Å². The summed E-state index contributed by atoms with van der Waals surface area (Å²) >= 11 is 12.5. The number of rotatable bonds is 2. The zero-order valence-electron chi connectivity index (χ0n) is 12.0. The van der Waals surface area contributed by atoms with Crippen LogP contribution in [0.5, 0.6) is 0 Å². The van der Waals surface area contributed by atoms with Crippen LogP contribution in [0.3, 0.4) is 0 Å². The minimum atomic E-state index is 0.311. The summed E-state index contributed by atoms with van der Waals surface area (Å²) in [5.74, 6) is 0.661. The van der Waals surface area contributed by atoms with E-state index in [2.05, 4.69) is 26.1 Å². The fourth-order valence-corrected chi connectivity index (χ4v) is 3.67. The largest absolute Gasteiger partial charge is 0.380 e. The number of hydrogen-bond donors (Lipinski definition) is 1. The van der Waals surface area contributed by atoms with Crippen LogP contribution in [0, 0.1) is 11.3 Å². The van der Waals surface area contributed by atoms with E-state index in [0.717, 1.165) is 5.69 Å². The molecule has 106 valence electrons. The van der Waals surface area contributed by atoms with Gasteiger partial charge in [0.15, 0.2) is 0 Å². The van der Waals surface area contributed by atoms with Crippen LogP contribution < -0.4 is 5.32 Å². The monoisotopic (exact) mass is 299 g/mol. The highest BCUT2D eigenvalue weighted by Gasteiger charge is 2.34. The highest BCUT2D eigenvalue weighted by atomic mass is 35.5. The van der Waals surface area contributed by atoms with Gasteiger partial charge in [0.25, 0.3) is 0 Å². The normalized spacial score (nSPS) is 24.3. The van der Waals surface area contributed by atoms with Gasteiger partial charge in [-0.05, 0) is 36.3 Å². The van der Waals surface area contributed by atoms with Gasteiger partial charge in [-0.2, -0.15) is 0 Å². The van der Waals surface area contributed by atoms with Crippen molar-refractivity contribution >= 4 is 28.9 Å². The predicted molar refractivity (Wildman–Crippen MR) is 85.3 cm³/mol. The van der Waals surface area contributed by atoms with E-state index in [-0.39, 0.29) is 0 Å². The molecule has 1 aliphatic rings. The molecular formula is C16H23Cl2N. The maximum atomic E-state index is 6.26. The molecule has 1 fully saturated rings. The van der Waals surface area contributed by atoms with Crippen molar-refractivity contribution < 1.29 is 0 Å². The van der Waals surface area contributed by atoms with E-state index in [1.807, 2.05) is 18.2 Å². The smallest absolute Gasteiger partial charge is 0.0721 e. The van der Waals surface area contributed by atoms with Crippen molar-refractivity contribution in [2.45, 2.75) is 52.5 Å². The molecule has 0 aliphatic heterocycles. The van der Waals surface area contributed by atoms with Crippen molar-refractivity contribution in [3.05, 3.63) is 28.2 Å². The third-order valence-corrected chi connectivity index (χ3v) is 4.80. The van der Waals surface area contributed by atoms with Gasteiger partial charge < -0.3 is 5.32 Å². The minimum absolute atomic E-state index is 0.311. The lowest BCUT2D eigenvalue weighted by atomic mass is 9.69. The first-order valence-corrected chi connectivity index (χ1v) is 7.86. The van der Waals surface area contributed by atoms with Crippen LogP contribution >= 0.6 is 23.2 Å². The topological polar surface area (TPSA) is 12.0 Å². The van der Waals surface area contributed by atoms with Crippen molar-refractivity contribution in [2.75, 3.05) is 5.32 Å².